The Hall–Kier alpha value is -3.28. The molecule has 2 aliphatic carbocycles. The van der Waals surface area contributed by atoms with E-state index in [-0.39, 0.29) is 41.3 Å². The molecule has 1 N–H and O–H groups in total. The standard InChI is InChI=1S/C24H21FN2O3/c1-13(27-23(29)20-16-5-6-17(11-16)21(20)24(27)30)22(28)26-19-9-7-14(8-10-19)15-3-2-4-18(25)12-15/h2-10,12-13,16-17,20-21H,11H2,1H3,(H,26,28)/t13-,16+,17+,20-,21-/m1/s1. The molecule has 5 rings (SSSR count). The van der Waals surface area contributed by atoms with Gasteiger partial charge in [0.25, 0.3) is 0 Å². The zero-order valence-electron chi connectivity index (χ0n) is 16.4. The summed E-state index contributed by atoms with van der Waals surface area (Å²) >= 11 is 0. The SMILES string of the molecule is C[C@H](C(=O)Nc1ccc(-c2cccc(F)c2)cc1)N1C(=O)[C@H]2[C@H](C1=O)[C@H]1C=C[C@H]2C1. The second kappa shape index (κ2) is 6.90. The summed E-state index contributed by atoms with van der Waals surface area (Å²) in [6, 6.07) is 12.4. The Morgan fingerprint density at radius 3 is 2.23 bits per heavy atom. The predicted octanol–water partition coefficient (Wildman–Crippen LogP) is 3.63. The van der Waals surface area contributed by atoms with Crippen LogP contribution >= 0.6 is 0 Å². The lowest BCUT2D eigenvalue weighted by atomic mass is 9.85. The van der Waals surface area contributed by atoms with Crippen molar-refractivity contribution in [3.05, 3.63) is 66.5 Å². The first-order valence-corrected chi connectivity index (χ1v) is 10.2. The first-order valence-electron chi connectivity index (χ1n) is 10.2. The van der Waals surface area contributed by atoms with Gasteiger partial charge in [-0.3, -0.25) is 19.3 Å². The minimum atomic E-state index is -0.877. The lowest BCUT2D eigenvalue weighted by Gasteiger charge is -2.23. The summed E-state index contributed by atoms with van der Waals surface area (Å²) in [7, 11) is 0. The highest BCUT2D eigenvalue weighted by Gasteiger charge is 2.60. The molecule has 0 unspecified atom stereocenters. The second-order valence-electron chi connectivity index (χ2n) is 8.30. The van der Waals surface area contributed by atoms with E-state index in [2.05, 4.69) is 5.32 Å². The number of carbonyl (C=O) groups excluding carboxylic acids is 3. The molecular weight excluding hydrogens is 383 g/mol. The van der Waals surface area contributed by atoms with Crippen LogP contribution in [0, 0.1) is 29.5 Å². The molecule has 1 heterocycles. The molecule has 0 radical (unpaired) electrons. The first kappa shape index (κ1) is 18.7. The fourth-order valence-electron chi connectivity index (χ4n) is 5.09. The highest BCUT2D eigenvalue weighted by Crippen LogP contribution is 2.52. The Labute approximate surface area is 173 Å². The van der Waals surface area contributed by atoms with Crippen molar-refractivity contribution in [2.75, 3.05) is 5.32 Å². The number of nitrogens with zero attached hydrogens (tertiary/aromatic N) is 1. The Bertz CT molecular complexity index is 1050. The number of anilines is 1. The molecule has 5 nitrogen and oxygen atoms in total. The summed E-state index contributed by atoms with van der Waals surface area (Å²) in [6.07, 6.45) is 4.93. The van der Waals surface area contributed by atoms with Crippen LogP contribution in [0.15, 0.2) is 60.7 Å². The van der Waals surface area contributed by atoms with Crippen LogP contribution in [-0.2, 0) is 14.4 Å². The molecule has 2 bridgehead atoms. The van der Waals surface area contributed by atoms with Crippen molar-refractivity contribution < 1.29 is 18.8 Å². The first-order chi connectivity index (χ1) is 14.4. The van der Waals surface area contributed by atoms with E-state index in [0.29, 0.717) is 5.69 Å². The van der Waals surface area contributed by atoms with Gasteiger partial charge in [-0.15, -0.1) is 0 Å². The van der Waals surface area contributed by atoms with Gasteiger partial charge in [0.15, 0.2) is 0 Å². The number of imide groups is 1. The molecular formula is C24H21FN2O3. The third-order valence-corrected chi connectivity index (χ3v) is 6.58. The van der Waals surface area contributed by atoms with Gasteiger partial charge >= 0.3 is 0 Å². The van der Waals surface area contributed by atoms with E-state index in [4.69, 9.17) is 0 Å². The molecule has 1 saturated carbocycles. The van der Waals surface area contributed by atoms with Crippen LogP contribution in [0.1, 0.15) is 13.3 Å². The Morgan fingerprint density at radius 1 is 1.00 bits per heavy atom. The van der Waals surface area contributed by atoms with Crippen LogP contribution in [0.4, 0.5) is 10.1 Å². The van der Waals surface area contributed by atoms with Crippen LogP contribution in [0.5, 0.6) is 0 Å². The minimum absolute atomic E-state index is 0.118. The number of amides is 3. The van der Waals surface area contributed by atoms with Gasteiger partial charge in [-0.1, -0.05) is 36.4 Å². The molecule has 2 aromatic carbocycles. The molecule has 152 valence electrons. The van der Waals surface area contributed by atoms with Gasteiger partial charge in [0.2, 0.25) is 17.7 Å². The van der Waals surface area contributed by atoms with E-state index in [9.17, 15) is 18.8 Å². The summed E-state index contributed by atoms with van der Waals surface area (Å²) in [4.78, 5) is 39.7. The number of benzene rings is 2. The number of allylic oxidation sites excluding steroid dienone is 2. The molecule has 2 fully saturated rings. The van der Waals surface area contributed by atoms with E-state index in [1.807, 2.05) is 18.2 Å². The van der Waals surface area contributed by atoms with E-state index in [1.165, 1.54) is 12.1 Å². The number of carbonyl (C=O) groups is 3. The lowest BCUT2D eigenvalue weighted by Crippen LogP contribution is -2.46. The van der Waals surface area contributed by atoms with Gasteiger partial charge in [0.1, 0.15) is 11.9 Å². The number of nitrogens with one attached hydrogen (secondary N) is 1. The van der Waals surface area contributed by atoms with Crippen LogP contribution in [0.25, 0.3) is 11.1 Å². The Kier molecular flexibility index (Phi) is 4.31. The second-order valence-corrected chi connectivity index (χ2v) is 8.30. The zero-order valence-corrected chi connectivity index (χ0v) is 16.4. The van der Waals surface area contributed by atoms with Crippen LogP contribution in [0.2, 0.25) is 0 Å². The molecule has 0 spiro atoms. The quantitative estimate of drug-likeness (QED) is 0.625. The number of hydrogen-bond donors (Lipinski definition) is 1. The van der Waals surface area contributed by atoms with Gasteiger partial charge in [0, 0.05) is 5.69 Å². The van der Waals surface area contributed by atoms with E-state index in [0.717, 1.165) is 22.4 Å². The largest absolute Gasteiger partial charge is 0.324 e. The fraction of sp³-hybridized carbons (Fsp3) is 0.292. The van der Waals surface area contributed by atoms with Crippen LogP contribution in [0.3, 0.4) is 0 Å². The van der Waals surface area contributed by atoms with Crippen molar-refractivity contribution in [1.29, 1.82) is 0 Å². The van der Waals surface area contributed by atoms with Gasteiger partial charge in [-0.25, -0.2) is 4.39 Å². The molecule has 2 aromatic rings. The van der Waals surface area contributed by atoms with Gasteiger partial charge < -0.3 is 5.32 Å². The van der Waals surface area contributed by atoms with Gasteiger partial charge in [-0.05, 0) is 60.6 Å². The smallest absolute Gasteiger partial charge is 0.247 e. The van der Waals surface area contributed by atoms with Crippen molar-refractivity contribution >= 4 is 23.4 Å². The molecule has 3 amide bonds. The molecule has 1 aliphatic heterocycles. The highest BCUT2D eigenvalue weighted by molar-refractivity contribution is 6.10. The van der Waals surface area contributed by atoms with E-state index in [1.54, 1.807) is 37.3 Å². The minimum Gasteiger partial charge on any atom is -0.324 e. The van der Waals surface area contributed by atoms with Crippen molar-refractivity contribution in [1.82, 2.24) is 4.90 Å². The summed E-state index contributed by atoms with van der Waals surface area (Å²) in [6.45, 7) is 1.59. The highest BCUT2D eigenvalue weighted by atomic mass is 19.1. The van der Waals surface area contributed by atoms with Crippen molar-refractivity contribution in [3.8, 4) is 11.1 Å². The average Bonchev–Trinajstić information content (AvgIpc) is 3.42. The average molecular weight is 404 g/mol. The van der Waals surface area contributed by atoms with Crippen LogP contribution < -0.4 is 5.32 Å². The third-order valence-electron chi connectivity index (χ3n) is 6.58. The molecule has 30 heavy (non-hydrogen) atoms. The number of likely N-dealkylation sites (tertiary alicyclic amines) is 1. The van der Waals surface area contributed by atoms with Crippen molar-refractivity contribution in [2.24, 2.45) is 23.7 Å². The van der Waals surface area contributed by atoms with Gasteiger partial charge in [0.05, 0.1) is 11.8 Å². The monoisotopic (exact) mass is 404 g/mol. The van der Waals surface area contributed by atoms with Gasteiger partial charge in [-0.2, -0.15) is 0 Å². The number of hydrogen-bond acceptors (Lipinski definition) is 3. The Balaban J connectivity index is 1.29. The summed E-state index contributed by atoms with van der Waals surface area (Å²) in [5, 5.41) is 2.78. The molecule has 3 aliphatic rings. The van der Waals surface area contributed by atoms with Crippen LogP contribution in [-0.4, -0.2) is 28.7 Å². The maximum absolute atomic E-state index is 13.4. The molecule has 0 aromatic heterocycles. The lowest BCUT2D eigenvalue weighted by molar-refractivity contribution is -0.146. The molecule has 1 saturated heterocycles. The summed E-state index contributed by atoms with van der Waals surface area (Å²) in [5.74, 6) is -1.57. The van der Waals surface area contributed by atoms with Crippen molar-refractivity contribution in [3.63, 3.8) is 0 Å². The zero-order chi connectivity index (χ0) is 21.0. The third kappa shape index (κ3) is 2.86. The molecule has 5 atom stereocenters. The topological polar surface area (TPSA) is 66.5 Å². The number of halogens is 1. The summed E-state index contributed by atoms with van der Waals surface area (Å²) < 4.78 is 13.4. The van der Waals surface area contributed by atoms with E-state index >= 15 is 0 Å². The predicted molar refractivity (Wildman–Crippen MR) is 109 cm³/mol. The number of rotatable bonds is 4. The van der Waals surface area contributed by atoms with E-state index < -0.39 is 11.9 Å². The maximum Gasteiger partial charge on any atom is 0.247 e. The molecule has 6 heteroatoms. The summed E-state index contributed by atoms with van der Waals surface area (Å²) in [5.41, 5.74) is 2.11. The number of fused-ring (bicyclic) bond motifs is 5. The van der Waals surface area contributed by atoms with Crippen molar-refractivity contribution in [2.45, 2.75) is 19.4 Å². The maximum atomic E-state index is 13.4. The fourth-order valence-corrected chi connectivity index (χ4v) is 5.09. The Morgan fingerprint density at radius 2 is 1.63 bits per heavy atom. The normalized spacial score (nSPS) is 27.5.